The van der Waals surface area contributed by atoms with Gasteiger partial charge in [0.1, 0.15) is 0 Å². The van der Waals surface area contributed by atoms with Crippen molar-refractivity contribution in [3.63, 3.8) is 0 Å². The highest BCUT2D eigenvalue weighted by Crippen LogP contribution is 2.32. The highest BCUT2D eigenvalue weighted by atomic mass is 16.5. The molecule has 0 bridgehead atoms. The number of amides is 1. The van der Waals surface area contributed by atoms with E-state index in [0.717, 1.165) is 18.9 Å². The zero-order valence-electron chi connectivity index (χ0n) is 9.75. The predicted molar refractivity (Wildman–Crippen MR) is 63.5 cm³/mol. The molecule has 1 fully saturated rings. The maximum Gasteiger partial charge on any atom is 0.224 e. The van der Waals surface area contributed by atoms with E-state index in [-0.39, 0.29) is 11.3 Å². The topological polar surface area (TPSA) is 38.3 Å². The van der Waals surface area contributed by atoms with Gasteiger partial charge in [0, 0.05) is 17.5 Å². The summed E-state index contributed by atoms with van der Waals surface area (Å²) in [7, 11) is 0. The average molecular weight is 219 g/mol. The van der Waals surface area contributed by atoms with Crippen molar-refractivity contribution in [2.24, 2.45) is 0 Å². The summed E-state index contributed by atoms with van der Waals surface area (Å²) in [5.41, 5.74) is 2.29. The molecule has 0 aromatic heterocycles. The first-order chi connectivity index (χ1) is 7.64. The Morgan fingerprint density at radius 3 is 2.44 bits per heavy atom. The molecule has 0 spiro atoms. The third kappa shape index (κ3) is 2.09. The summed E-state index contributed by atoms with van der Waals surface area (Å²) >= 11 is 0. The first-order valence-electron chi connectivity index (χ1n) is 5.62. The van der Waals surface area contributed by atoms with Gasteiger partial charge < -0.3 is 10.1 Å². The van der Waals surface area contributed by atoms with Gasteiger partial charge in [-0.2, -0.15) is 0 Å². The first kappa shape index (κ1) is 11.1. The summed E-state index contributed by atoms with van der Waals surface area (Å²) < 4.78 is 5.23. The molecular weight excluding hydrogens is 202 g/mol. The number of hydrogen-bond acceptors (Lipinski definition) is 2. The third-order valence-electron chi connectivity index (χ3n) is 3.03. The van der Waals surface area contributed by atoms with Crippen LogP contribution in [0.1, 0.15) is 25.8 Å². The van der Waals surface area contributed by atoms with Gasteiger partial charge in [-0.15, -0.1) is 0 Å². The Bertz CT molecular complexity index is 379. The lowest BCUT2D eigenvalue weighted by atomic mass is 9.81. The van der Waals surface area contributed by atoms with Crippen LogP contribution < -0.4 is 5.32 Å². The van der Waals surface area contributed by atoms with Gasteiger partial charge >= 0.3 is 0 Å². The van der Waals surface area contributed by atoms with Crippen LogP contribution in [0.2, 0.25) is 0 Å². The molecule has 0 saturated carbocycles. The van der Waals surface area contributed by atoms with E-state index in [1.807, 2.05) is 19.1 Å². The lowest BCUT2D eigenvalue weighted by Gasteiger charge is -2.38. The number of nitrogens with one attached hydrogen (secondary N) is 1. The van der Waals surface area contributed by atoms with Crippen LogP contribution in [0, 0.1) is 0 Å². The summed E-state index contributed by atoms with van der Waals surface area (Å²) in [4.78, 5) is 11.2. The number of ether oxygens (including phenoxy) is 1. The van der Waals surface area contributed by atoms with Gasteiger partial charge in [0.2, 0.25) is 5.91 Å². The van der Waals surface area contributed by atoms with E-state index in [4.69, 9.17) is 4.74 Å². The maximum absolute atomic E-state index is 11.2. The molecular formula is C13H17NO2. The van der Waals surface area contributed by atoms with Crippen molar-refractivity contribution < 1.29 is 9.53 Å². The van der Waals surface area contributed by atoms with Crippen molar-refractivity contribution in [2.45, 2.75) is 25.7 Å². The molecule has 16 heavy (non-hydrogen) atoms. The quantitative estimate of drug-likeness (QED) is 0.847. The second-order valence-electron chi connectivity index (χ2n) is 4.53. The minimum Gasteiger partial charge on any atom is -0.379 e. The van der Waals surface area contributed by atoms with Gasteiger partial charge in [-0.1, -0.05) is 26.0 Å². The van der Waals surface area contributed by atoms with E-state index in [0.29, 0.717) is 6.42 Å². The van der Waals surface area contributed by atoms with Crippen molar-refractivity contribution in [1.29, 1.82) is 0 Å². The smallest absolute Gasteiger partial charge is 0.224 e. The lowest BCUT2D eigenvalue weighted by Crippen LogP contribution is -2.43. The van der Waals surface area contributed by atoms with E-state index in [9.17, 15) is 4.79 Å². The summed E-state index contributed by atoms with van der Waals surface area (Å²) in [5.74, 6) is 0.0472. The molecule has 0 aliphatic carbocycles. The van der Waals surface area contributed by atoms with Gasteiger partial charge in [0.25, 0.3) is 0 Å². The van der Waals surface area contributed by atoms with Crippen LogP contribution in [0.3, 0.4) is 0 Å². The Morgan fingerprint density at radius 2 is 2.00 bits per heavy atom. The van der Waals surface area contributed by atoms with Crippen LogP contribution in [-0.4, -0.2) is 19.1 Å². The van der Waals surface area contributed by atoms with Crippen LogP contribution in [0.5, 0.6) is 0 Å². The molecule has 1 saturated heterocycles. The first-order valence-corrected chi connectivity index (χ1v) is 5.62. The molecule has 1 heterocycles. The van der Waals surface area contributed by atoms with Crippen molar-refractivity contribution in [1.82, 2.24) is 0 Å². The number of rotatable bonds is 3. The lowest BCUT2D eigenvalue weighted by molar-refractivity contribution is -0.115. The Balaban J connectivity index is 2.07. The van der Waals surface area contributed by atoms with E-state index in [1.165, 1.54) is 5.56 Å². The summed E-state index contributed by atoms with van der Waals surface area (Å²) in [6, 6.07) is 8.03. The summed E-state index contributed by atoms with van der Waals surface area (Å²) in [6.07, 6.45) is 0.507. The van der Waals surface area contributed by atoms with Crippen LogP contribution >= 0.6 is 0 Å². The molecule has 1 aliphatic rings. The minimum absolute atomic E-state index is 0.0472. The van der Waals surface area contributed by atoms with Crippen molar-refractivity contribution in [3.05, 3.63) is 29.8 Å². The Hall–Kier alpha value is -1.35. The number of anilines is 1. The fraction of sp³-hybridized carbons (Fsp3) is 0.462. The molecule has 86 valence electrons. The molecule has 0 unspecified atom stereocenters. The second-order valence-corrected chi connectivity index (χ2v) is 4.53. The predicted octanol–water partition coefficient (Wildman–Crippen LogP) is 2.32. The van der Waals surface area contributed by atoms with E-state index in [2.05, 4.69) is 24.4 Å². The molecule has 3 nitrogen and oxygen atoms in total. The SMILES string of the molecule is CCC(=O)Nc1ccc(C2(C)COC2)cc1. The second kappa shape index (κ2) is 4.26. The van der Waals surface area contributed by atoms with E-state index < -0.39 is 0 Å². The van der Waals surface area contributed by atoms with Crippen LogP contribution in [0.15, 0.2) is 24.3 Å². The number of carbonyl (C=O) groups excluding carboxylic acids is 1. The molecule has 1 aromatic rings. The molecule has 1 aliphatic heterocycles. The van der Waals surface area contributed by atoms with Crippen molar-refractivity contribution >= 4 is 11.6 Å². The van der Waals surface area contributed by atoms with Gasteiger partial charge in [-0.25, -0.2) is 0 Å². The minimum atomic E-state index is 0.0472. The molecule has 1 aromatic carbocycles. The van der Waals surface area contributed by atoms with E-state index >= 15 is 0 Å². The molecule has 3 heteroatoms. The normalized spacial score (nSPS) is 17.6. The number of benzene rings is 1. The van der Waals surface area contributed by atoms with Gasteiger partial charge in [0.05, 0.1) is 13.2 Å². The van der Waals surface area contributed by atoms with E-state index in [1.54, 1.807) is 0 Å². The molecule has 2 rings (SSSR count). The zero-order chi connectivity index (χ0) is 11.6. The monoisotopic (exact) mass is 219 g/mol. The summed E-state index contributed by atoms with van der Waals surface area (Å²) in [5, 5.41) is 2.84. The highest BCUT2D eigenvalue weighted by molar-refractivity contribution is 5.90. The van der Waals surface area contributed by atoms with Crippen molar-refractivity contribution in [3.8, 4) is 0 Å². The van der Waals surface area contributed by atoms with Crippen LogP contribution in [0.25, 0.3) is 0 Å². The molecule has 1 amide bonds. The average Bonchev–Trinajstić information content (AvgIpc) is 2.27. The Labute approximate surface area is 95.8 Å². The van der Waals surface area contributed by atoms with Gasteiger partial charge in [0.15, 0.2) is 0 Å². The van der Waals surface area contributed by atoms with Crippen LogP contribution in [0.4, 0.5) is 5.69 Å². The standard InChI is InChI=1S/C13H17NO2/c1-3-12(15)14-11-6-4-10(5-7-11)13(2)8-16-9-13/h4-7H,3,8-9H2,1-2H3,(H,14,15). The number of carbonyl (C=O) groups is 1. The fourth-order valence-electron chi connectivity index (χ4n) is 1.78. The highest BCUT2D eigenvalue weighted by Gasteiger charge is 2.34. The number of hydrogen-bond donors (Lipinski definition) is 1. The molecule has 0 atom stereocenters. The van der Waals surface area contributed by atoms with Crippen molar-refractivity contribution in [2.75, 3.05) is 18.5 Å². The van der Waals surface area contributed by atoms with Gasteiger partial charge in [-0.05, 0) is 17.7 Å². The maximum atomic E-state index is 11.2. The Morgan fingerprint density at radius 1 is 1.38 bits per heavy atom. The third-order valence-corrected chi connectivity index (χ3v) is 3.03. The molecule has 1 N–H and O–H groups in total. The zero-order valence-corrected chi connectivity index (χ0v) is 9.75. The fourth-order valence-corrected chi connectivity index (χ4v) is 1.78. The van der Waals surface area contributed by atoms with Crippen LogP contribution in [-0.2, 0) is 14.9 Å². The Kier molecular flexibility index (Phi) is 2.97. The molecule has 0 radical (unpaired) electrons. The largest absolute Gasteiger partial charge is 0.379 e. The van der Waals surface area contributed by atoms with Gasteiger partial charge in [-0.3, -0.25) is 4.79 Å². The summed E-state index contributed by atoms with van der Waals surface area (Å²) in [6.45, 7) is 5.61.